The monoisotopic (exact) mass is 213 g/mol. The number of aliphatic hydroxyl groups excluding tert-OH is 1. The normalized spacial score (nSPS) is 14.3. The number of hydrogen-bond donors (Lipinski definition) is 1. The molecule has 1 aromatic rings. The van der Waals surface area contributed by atoms with Gasteiger partial charge in [-0.15, -0.1) is 0 Å². The average Bonchev–Trinajstić information content (AvgIpc) is 2.26. The van der Waals surface area contributed by atoms with E-state index in [9.17, 15) is 8.78 Å². The third-order valence-corrected chi connectivity index (χ3v) is 2.03. The van der Waals surface area contributed by atoms with E-state index in [1.54, 1.807) is 24.3 Å². The number of benzene rings is 1. The van der Waals surface area contributed by atoms with Crippen LogP contribution in [0.5, 0.6) is 0 Å². The van der Waals surface area contributed by atoms with Crippen molar-refractivity contribution in [1.82, 2.24) is 0 Å². The van der Waals surface area contributed by atoms with Gasteiger partial charge in [0.15, 0.2) is 0 Å². The Morgan fingerprint density at radius 1 is 1.33 bits per heavy atom. The van der Waals surface area contributed by atoms with Gasteiger partial charge in [0, 0.05) is 0 Å². The first-order chi connectivity index (χ1) is 7.15. The van der Waals surface area contributed by atoms with Crippen molar-refractivity contribution in [2.24, 2.45) is 4.99 Å². The molecule has 15 heavy (non-hydrogen) atoms. The molecular formula is C11H13F2NO. The van der Waals surface area contributed by atoms with Crippen molar-refractivity contribution in [2.75, 3.05) is 6.61 Å². The first-order valence-electron chi connectivity index (χ1n) is 4.63. The largest absolute Gasteiger partial charge is 0.394 e. The molecular weight excluding hydrogens is 200 g/mol. The van der Waals surface area contributed by atoms with E-state index in [1.165, 1.54) is 6.92 Å². The van der Waals surface area contributed by atoms with Gasteiger partial charge in [0.05, 0.1) is 18.4 Å². The first-order valence-corrected chi connectivity index (χ1v) is 4.63. The van der Waals surface area contributed by atoms with Crippen molar-refractivity contribution < 1.29 is 13.9 Å². The molecule has 2 nitrogen and oxygen atoms in total. The van der Waals surface area contributed by atoms with Gasteiger partial charge < -0.3 is 5.11 Å². The second kappa shape index (κ2) is 5.56. The van der Waals surface area contributed by atoms with E-state index >= 15 is 0 Å². The molecule has 1 N–H and O–H groups in total. The number of rotatable bonds is 4. The topological polar surface area (TPSA) is 32.6 Å². The maximum atomic E-state index is 12.2. The fourth-order valence-corrected chi connectivity index (χ4v) is 1.20. The van der Waals surface area contributed by atoms with E-state index in [0.29, 0.717) is 0 Å². The van der Waals surface area contributed by atoms with Gasteiger partial charge in [-0.2, -0.15) is 0 Å². The van der Waals surface area contributed by atoms with Crippen LogP contribution < -0.4 is 0 Å². The summed E-state index contributed by atoms with van der Waals surface area (Å²) >= 11 is 0. The number of nitrogens with zero attached hydrogens (tertiary/aromatic N) is 1. The molecule has 0 spiro atoms. The third kappa shape index (κ3) is 3.40. The summed E-state index contributed by atoms with van der Waals surface area (Å²) in [5.74, 6) is 0. The Kier molecular flexibility index (Phi) is 4.37. The van der Waals surface area contributed by atoms with Crippen LogP contribution in [0.25, 0.3) is 0 Å². The van der Waals surface area contributed by atoms with E-state index in [-0.39, 0.29) is 12.3 Å². The minimum atomic E-state index is -2.57. The third-order valence-electron chi connectivity index (χ3n) is 2.03. The minimum absolute atomic E-state index is 0.252. The Balaban J connectivity index is 2.86. The predicted molar refractivity (Wildman–Crippen MR) is 55.4 cm³/mol. The zero-order valence-electron chi connectivity index (χ0n) is 8.40. The number of alkyl halides is 2. The zero-order valence-corrected chi connectivity index (χ0v) is 8.40. The van der Waals surface area contributed by atoms with Crippen molar-refractivity contribution in [3.63, 3.8) is 0 Å². The van der Waals surface area contributed by atoms with E-state index in [4.69, 9.17) is 5.11 Å². The Morgan fingerprint density at radius 2 is 1.93 bits per heavy atom. The molecule has 1 atom stereocenters. The highest BCUT2D eigenvalue weighted by atomic mass is 19.3. The predicted octanol–water partition coefficient (Wildman–Crippen LogP) is 2.45. The van der Waals surface area contributed by atoms with Crippen LogP contribution in [0.3, 0.4) is 0 Å². The summed E-state index contributed by atoms with van der Waals surface area (Å²) in [5, 5.41) is 9.06. The van der Waals surface area contributed by atoms with Gasteiger partial charge in [-0.1, -0.05) is 30.3 Å². The van der Waals surface area contributed by atoms with Crippen molar-refractivity contribution in [3.8, 4) is 0 Å². The maximum Gasteiger partial charge on any atom is 0.275 e. The number of aliphatic imine (C=N–C) groups is 1. The number of halogens is 2. The molecule has 0 bridgehead atoms. The van der Waals surface area contributed by atoms with E-state index in [1.807, 2.05) is 6.07 Å². The van der Waals surface area contributed by atoms with Crippen LogP contribution in [0.15, 0.2) is 35.3 Å². The van der Waals surface area contributed by atoms with Crippen LogP contribution in [0.2, 0.25) is 0 Å². The molecule has 4 heteroatoms. The lowest BCUT2D eigenvalue weighted by Crippen LogP contribution is -2.10. The van der Waals surface area contributed by atoms with Gasteiger partial charge in [0.1, 0.15) is 0 Å². The van der Waals surface area contributed by atoms with Crippen LogP contribution in [-0.4, -0.2) is 23.9 Å². The average molecular weight is 213 g/mol. The van der Waals surface area contributed by atoms with Gasteiger partial charge in [-0.05, 0) is 12.5 Å². The summed E-state index contributed by atoms with van der Waals surface area (Å²) in [6.07, 6.45) is -2.57. The Bertz CT molecular complexity index is 325. The Labute approximate surface area is 87.3 Å². The molecule has 82 valence electrons. The lowest BCUT2D eigenvalue weighted by molar-refractivity contribution is 0.221. The molecule has 0 amide bonds. The summed E-state index contributed by atoms with van der Waals surface area (Å²) in [6, 6.07) is 8.30. The van der Waals surface area contributed by atoms with Crippen LogP contribution >= 0.6 is 0 Å². The number of hydrogen-bond acceptors (Lipinski definition) is 2. The second-order valence-corrected chi connectivity index (χ2v) is 3.18. The summed E-state index contributed by atoms with van der Waals surface area (Å²) in [6.45, 7) is 0.990. The van der Waals surface area contributed by atoms with Gasteiger partial charge in [0.2, 0.25) is 0 Å². The Hall–Kier alpha value is -1.29. The molecule has 1 aromatic carbocycles. The minimum Gasteiger partial charge on any atom is -0.394 e. The first kappa shape index (κ1) is 11.8. The lowest BCUT2D eigenvalue weighted by atomic mass is 10.1. The van der Waals surface area contributed by atoms with Gasteiger partial charge in [0.25, 0.3) is 6.43 Å². The fourth-order valence-electron chi connectivity index (χ4n) is 1.20. The quantitative estimate of drug-likeness (QED) is 0.765. The zero-order chi connectivity index (χ0) is 11.3. The molecule has 0 fully saturated rings. The van der Waals surface area contributed by atoms with E-state index in [0.717, 1.165) is 5.56 Å². The SMILES string of the molecule is C/C(=N/C(CO)c1ccccc1)C(F)F. The van der Waals surface area contributed by atoms with Crippen molar-refractivity contribution in [1.29, 1.82) is 0 Å². The van der Waals surface area contributed by atoms with Gasteiger partial charge >= 0.3 is 0 Å². The molecule has 0 aliphatic rings. The van der Waals surface area contributed by atoms with Crippen LogP contribution in [0.4, 0.5) is 8.78 Å². The summed E-state index contributed by atoms with van der Waals surface area (Å²) in [4.78, 5) is 3.78. The maximum absolute atomic E-state index is 12.2. The molecule has 0 aliphatic heterocycles. The molecule has 0 heterocycles. The molecule has 0 radical (unpaired) electrons. The fraction of sp³-hybridized carbons (Fsp3) is 0.364. The van der Waals surface area contributed by atoms with Crippen LogP contribution in [0.1, 0.15) is 18.5 Å². The summed E-state index contributed by atoms with van der Waals surface area (Å²) < 4.78 is 24.5. The molecule has 0 aliphatic carbocycles. The standard InChI is InChI=1S/C11H13F2NO/c1-8(11(12)13)14-10(7-15)9-5-3-2-4-6-9/h2-6,10-11,15H,7H2,1H3/b14-8-. The summed E-state index contributed by atoms with van der Waals surface area (Å²) in [5.41, 5.74) is 0.484. The summed E-state index contributed by atoms with van der Waals surface area (Å²) in [7, 11) is 0. The van der Waals surface area contributed by atoms with Crippen molar-refractivity contribution >= 4 is 5.71 Å². The van der Waals surface area contributed by atoms with Gasteiger partial charge in [-0.25, -0.2) is 8.78 Å². The molecule has 1 unspecified atom stereocenters. The second-order valence-electron chi connectivity index (χ2n) is 3.18. The smallest absolute Gasteiger partial charge is 0.275 e. The van der Waals surface area contributed by atoms with E-state index < -0.39 is 12.5 Å². The van der Waals surface area contributed by atoms with Gasteiger partial charge in [-0.3, -0.25) is 4.99 Å². The molecule has 0 aromatic heterocycles. The highest BCUT2D eigenvalue weighted by molar-refractivity contribution is 5.85. The van der Waals surface area contributed by atoms with Crippen LogP contribution in [0, 0.1) is 0 Å². The lowest BCUT2D eigenvalue weighted by Gasteiger charge is -2.11. The number of aliphatic hydroxyl groups is 1. The van der Waals surface area contributed by atoms with Crippen LogP contribution in [-0.2, 0) is 0 Å². The molecule has 1 rings (SSSR count). The highest BCUT2D eigenvalue weighted by Gasteiger charge is 2.12. The molecule has 0 saturated heterocycles. The van der Waals surface area contributed by atoms with Crippen molar-refractivity contribution in [3.05, 3.63) is 35.9 Å². The Morgan fingerprint density at radius 3 is 2.40 bits per heavy atom. The highest BCUT2D eigenvalue weighted by Crippen LogP contribution is 2.17. The van der Waals surface area contributed by atoms with Crippen molar-refractivity contribution in [2.45, 2.75) is 19.4 Å². The van der Waals surface area contributed by atoms with E-state index in [2.05, 4.69) is 4.99 Å². The molecule has 0 saturated carbocycles.